The van der Waals surface area contributed by atoms with Crippen molar-refractivity contribution in [2.24, 2.45) is 11.7 Å². The van der Waals surface area contributed by atoms with E-state index in [2.05, 4.69) is 5.32 Å². The van der Waals surface area contributed by atoms with Crippen LogP contribution in [-0.2, 0) is 29.1 Å². The number of nitrogens with two attached hydrogens (primary N) is 1. The van der Waals surface area contributed by atoms with Crippen LogP contribution in [0.2, 0.25) is 0 Å². The number of nitrogens with one attached hydrogen (secondary N) is 1. The van der Waals surface area contributed by atoms with Crippen LogP contribution in [0, 0.1) is 5.92 Å². The maximum absolute atomic E-state index is 14.4. The summed E-state index contributed by atoms with van der Waals surface area (Å²) >= 11 is 0. The number of esters is 1. The van der Waals surface area contributed by atoms with Gasteiger partial charge in [-0.1, -0.05) is 45.5 Å². The third-order valence-electron chi connectivity index (χ3n) is 7.18. The molecule has 238 valence electrons. The molecule has 1 heterocycles. The molecule has 0 radical (unpaired) electrons. The molecule has 1 aliphatic rings. The Morgan fingerprint density at radius 3 is 2.52 bits per heavy atom. The summed E-state index contributed by atoms with van der Waals surface area (Å²) in [5.41, 5.74) is 10.4. The Hall–Kier alpha value is -4.11. The summed E-state index contributed by atoms with van der Waals surface area (Å²) in [6, 6.07) is 16.7. The van der Waals surface area contributed by atoms with E-state index >= 15 is 0 Å². The second kappa shape index (κ2) is 16.1. The van der Waals surface area contributed by atoms with E-state index in [0.29, 0.717) is 46.2 Å². The first-order valence-corrected chi connectivity index (χ1v) is 14.8. The lowest BCUT2D eigenvalue weighted by atomic mass is 9.99. The zero-order chi connectivity index (χ0) is 30.9. The molecule has 1 aromatic heterocycles. The molecule has 9 heteroatoms. The molecule has 0 unspecified atom stereocenters. The van der Waals surface area contributed by atoms with Gasteiger partial charge in [0.25, 0.3) is 6.43 Å². The van der Waals surface area contributed by atoms with Gasteiger partial charge in [0.15, 0.2) is 11.3 Å². The molecule has 4 aromatic rings. The number of carbonyl (C=O) groups is 1. The zero-order valence-electron chi connectivity index (χ0n) is 25.2. The number of halogens is 2. The van der Waals surface area contributed by atoms with E-state index in [1.165, 1.54) is 7.11 Å². The monoisotopic (exact) mass is 610 g/mol. The number of methoxy groups -OCH3 is 1. The van der Waals surface area contributed by atoms with Crippen LogP contribution in [0.1, 0.15) is 69.9 Å². The van der Waals surface area contributed by atoms with Crippen LogP contribution in [0.4, 0.5) is 14.5 Å². The molecule has 0 bridgehead atoms. The van der Waals surface area contributed by atoms with E-state index in [4.69, 9.17) is 24.4 Å². The Bertz CT molecular complexity index is 1530. The average molecular weight is 611 g/mol. The number of anilines is 1. The second-order valence-corrected chi connectivity index (χ2v) is 10.1. The van der Waals surface area contributed by atoms with Crippen LogP contribution < -0.4 is 20.5 Å². The molecule has 1 aliphatic carbocycles. The molecular weight excluding hydrogens is 566 g/mol. The SMILES string of the molecule is C.CC.CCOC(=O)Cc1ccc(OC)cc1OCc1c(C(F)F)oc2c(NCC3CC3)cc(-c3cccc(CN)c3)cc12. The summed E-state index contributed by atoms with van der Waals surface area (Å²) in [4.78, 5) is 12.2. The first kappa shape index (κ1) is 34.4. The summed E-state index contributed by atoms with van der Waals surface area (Å²) in [7, 11) is 1.51. The van der Waals surface area contributed by atoms with Crippen molar-refractivity contribution in [2.45, 2.75) is 67.0 Å². The summed E-state index contributed by atoms with van der Waals surface area (Å²) in [6.45, 7) is 6.89. The molecule has 0 atom stereocenters. The molecule has 5 rings (SSSR count). The van der Waals surface area contributed by atoms with Crippen LogP contribution in [0.25, 0.3) is 22.1 Å². The van der Waals surface area contributed by atoms with Gasteiger partial charge in [-0.25, -0.2) is 8.78 Å². The van der Waals surface area contributed by atoms with Crippen molar-refractivity contribution in [1.82, 2.24) is 0 Å². The number of ether oxygens (including phenoxy) is 3. The normalized spacial score (nSPS) is 12.3. The fourth-order valence-corrected chi connectivity index (χ4v) is 4.80. The molecule has 3 aromatic carbocycles. The van der Waals surface area contributed by atoms with E-state index in [1.54, 1.807) is 25.1 Å². The van der Waals surface area contributed by atoms with Crippen molar-refractivity contribution in [1.29, 1.82) is 0 Å². The minimum atomic E-state index is -2.86. The van der Waals surface area contributed by atoms with Crippen LogP contribution in [0.5, 0.6) is 11.5 Å². The van der Waals surface area contributed by atoms with Crippen molar-refractivity contribution in [2.75, 3.05) is 25.6 Å². The average Bonchev–Trinajstić information content (AvgIpc) is 3.78. The first-order valence-electron chi connectivity index (χ1n) is 14.8. The van der Waals surface area contributed by atoms with Gasteiger partial charge in [-0.3, -0.25) is 4.79 Å². The van der Waals surface area contributed by atoms with Crippen molar-refractivity contribution < 1.29 is 32.2 Å². The molecule has 44 heavy (non-hydrogen) atoms. The quantitative estimate of drug-likeness (QED) is 0.146. The summed E-state index contributed by atoms with van der Waals surface area (Å²) in [5, 5.41) is 3.96. The van der Waals surface area contributed by atoms with E-state index in [0.717, 1.165) is 36.1 Å². The number of carbonyl (C=O) groups excluding carboxylic acids is 1. The Labute approximate surface area is 258 Å². The lowest BCUT2D eigenvalue weighted by Crippen LogP contribution is -2.09. The molecular formula is C35H44F2N2O5. The minimum Gasteiger partial charge on any atom is -0.497 e. The highest BCUT2D eigenvalue weighted by Crippen LogP contribution is 2.41. The van der Waals surface area contributed by atoms with E-state index in [1.807, 2.05) is 50.2 Å². The molecule has 3 N–H and O–H groups in total. The predicted molar refractivity (Wildman–Crippen MR) is 171 cm³/mol. The predicted octanol–water partition coefficient (Wildman–Crippen LogP) is 8.67. The van der Waals surface area contributed by atoms with Crippen molar-refractivity contribution in [3.63, 3.8) is 0 Å². The minimum absolute atomic E-state index is 0. The third kappa shape index (κ3) is 8.29. The molecule has 7 nitrogen and oxygen atoms in total. The third-order valence-corrected chi connectivity index (χ3v) is 7.18. The Balaban J connectivity index is 0.00000173. The van der Waals surface area contributed by atoms with Crippen molar-refractivity contribution in [3.8, 4) is 22.6 Å². The molecule has 0 aliphatic heterocycles. The number of furan rings is 1. The van der Waals surface area contributed by atoms with Crippen LogP contribution in [0.3, 0.4) is 0 Å². The van der Waals surface area contributed by atoms with Crippen LogP contribution in [0.15, 0.2) is 59.0 Å². The highest BCUT2D eigenvalue weighted by atomic mass is 19.3. The van der Waals surface area contributed by atoms with E-state index in [-0.39, 0.29) is 32.6 Å². The van der Waals surface area contributed by atoms with Gasteiger partial charge in [0.2, 0.25) is 0 Å². The maximum atomic E-state index is 14.4. The first-order chi connectivity index (χ1) is 20.9. The highest BCUT2D eigenvalue weighted by molar-refractivity contribution is 5.96. The summed E-state index contributed by atoms with van der Waals surface area (Å²) < 4.78 is 51.1. The Kier molecular flexibility index (Phi) is 12.6. The standard InChI is InChI=1S/C32H34F2N2O5.C2H6.CH4/c1-3-39-29(37)14-22-9-10-24(38-2)15-28(22)40-18-26-25-12-23(21-6-4-5-20(11-21)16-35)13-27(36-17-19-7-8-19)30(25)41-31(26)32(33)34;1-2;/h4-6,9-13,15,19,32,36H,3,7-8,14,16-18,35H2,1-2H3;1-2H3;1H4. The molecule has 0 saturated heterocycles. The fourth-order valence-electron chi connectivity index (χ4n) is 4.80. The lowest BCUT2D eigenvalue weighted by molar-refractivity contribution is -0.142. The fraction of sp³-hybridized carbons (Fsp3) is 0.400. The zero-order valence-corrected chi connectivity index (χ0v) is 25.2. The van der Waals surface area contributed by atoms with Crippen molar-refractivity contribution in [3.05, 3.63) is 77.0 Å². The van der Waals surface area contributed by atoms with Gasteiger partial charge in [0, 0.05) is 35.7 Å². The smallest absolute Gasteiger partial charge is 0.310 e. The second-order valence-electron chi connectivity index (χ2n) is 10.1. The Morgan fingerprint density at radius 1 is 1.09 bits per heavy atom. The topological polar surface area (TPSA) is 96.0 Å². The van der Waals surface area contributed by atoms with Gasteiger partial charge in [0.05, 0.1) is 25.8 Å². The number of fused-ring (bicyclic) bond motifs is 1. The largest absolute Gasteiger partial charge is 0.497 e. The van der Waals surface area contributed by atoms with Gasteiger partial charge < -0.3 is 29.7 Å². The number of alkyl halides is 2. The van der Waals surface area contributed by atoms with E-state index < -0.39 is 18.2 Å². The van der Waals surface area contributed by atoms with Gasteiger partial charge in [0.1, 0.15) is 18.1 Å². The van der Waals surface area contributed by atoms with Crippen LogP contribution >= 0.6 is 0 Å². The molecule has 0 amide bonds. The summed E-state index contributed by atoms with van der Waals surface area (Å²) in [6.07, 6.45) is -0.603. The number of rotatable bonds is 13. The lowest BCUT2D eigenvalue weighted by Gasteiger charge is -2.14. The Morgan fingerprint density at radius 2 is 1.86 bits per heavy atom. The summed E-state index contributed by atoms with van der Waals surface area (Å²) in [5.74, 6) is 0.545. The van der Waals surface area contributed by atoms with Gasteiger partial charge in [-0.2, -0.15) is 0 Å². The highest BCUT2D eigenvalue weighted by Gasteiger charge is 2.27. The maximum Gasteiger partial charge on any atom is 0.310 e. The molecule has 1 saturated carbocycles. The van der Waals surface area contributed by atoms with Crippen LogP contribution in [-0.4, -0.2) is 26.2 Å². The number of benzene rings is 3. The van der Waals surface area contributed by atoms with Gasteiger partial charge in [-0.05, 0) is 66.6 Å². The van der Waals surface area contributed by atoms with Crippen molar-refractivity contribution >= 4 is 22.6 Å². The number of hydrogen-bond donors (Lipinski definition) is 2. The van der Waals surface area contributed by atoms with Gasteiger partial charge in [-0.15, -0.1) is 0 Å². The molecule has 1 fully saturated rings. The molecule has 0 spiro atoms. The van der Waals surface area contributed by atoms with Gasteiger partial charge >= 0.3 is 5.97 Å². The number of hydrogen-bond acceptors (Lipinski definition) is 7. The van der Waals surface area contributed by atoms with E-state index in [9.17, 15) is 13.6 Å².